The summed E-state index contributed by atoms with van der Waals surface area (Å²) in [6.07, 6.45) is 3.92. The molecule has 0 spiro atoms. The molecule has 2 N–H and O–H groups in total. The van der Waals surface area contributed by atoms with Crippen LogP contribution in [0.25, 0.3) is 0 Å². The van der Waals surface area contributed by atoms with Crippen molar-refractivity contribution in [2.24, 2.45) is 30.1 Å². The number of anilines is 1. The number of hydrogen-bond donors (Lipinski definition) is 1. The number of aromatic nitrogens is 2. The van der Waals surface area contributed by atoms with Gasteiger partial charge in [0.1, 0.15) is 5.69 Å². The molecule has 0 unspecified atom stereocenters. The number of rotatable bonds is 5. The normalized spacial score (nSPS) is 16.2. The first-order chi connectivity index (χ1) is 11.7. The van der Waals surface area contributed by atoms with Gasteiger partial charge in [0, 0.05) is 50.1 Å². The molecule has 1 saturated heterocycles. The lowest BCUT2D eigenvalue weighted by Gasteiger charge is -2.35. The predicted molar refractivity (Wildman–Crippen MR) is 94.9 cm³/mol. The van der Waals surface area contributed by atoms with Gasteiger partial charge in [-0.15, -0.1) is 0 Å². The summed E-state index contributed by atoms with van der Waals surface area (Å²) in [6, 6.07) is 8.29. The zero-order valence-electron chi connectivity index (χ0n) is 14.5. The van der Waals surface area contributed by atoms with E-state index in [2.05, 4.69) is 32.2 Å². The molecule has 1 aromatic carbocycles. The van der Waals surface area contributed by atoms with Gasteiger partial charge in [0.05, 0.1) is 26.5 Å². The van der Waals surface area contributed by atoms with Gasteiger partial charge in [-0.2, -0.15) is 0 Å². The van der Waals surface area contributed by atoms with Gasteiger partial charge in [0.15, 0.2) is 0 Å². The Bertz CT molecular complexity index is 662. The fraction of sp³-hybridized carbons (Fsp3) is 0.471. The number of azo groups is 1. The van der Waals surface area contributed by atoms with Gasteiger partial charge in [-0.25, -0.2) is 9.13 Å². The molecule has 7 heteroatoms. The smallest absolute Gasteiger partial charge is 0.369 e. The van der Waals surface area contributed by atoms with Crippen LogP contribution in [0.15, 0.2) is 46.9 Å². The highest BCUT2D eigenvalue weighted by Gasteiger charge is 2.16. The second kappa shape index (κ2) is 7.55. The molecule has 128 valence electrons. The Hall–Kier alpha value is -2.25. The molecule has 1 fully saturated rings. The standard InChI is InChI=1S/C17H26N7/c1-21-9-10-22(2)17(21)20-19-15-3-5-16(6-4-15)24-13-11-23(8-7-18)12-14-24/h3-6,9-10H,7-8,11-14,18H2,1-2H3/q+1. The minimum atomic E-state index is 0.735. The van der Waals surface area contributed by atoms with E-state index in [0.717, 1.165) is 50.9 Å². The molecule has 2 aromatic rings. The maximum absolute atomic E-state index is 5.63. The number of nitrogens with two attached hydrogens (primary N) is 1. The van der Waals surface area contributed by atoms with Crippen molar-refractivity contribution in [1.82, 2.24) is 9.47 Å². The first-order valence-corrected chi connectivity index (χ1v) is 8.37. The van der Waals surface area contributed by atoms with Gasteiger partial charge in [0.2, 0.25) is 0 Å². The number of nitrogens with zero attached hydrogens (tertiary/aromatic N) is 6. The van der Waals surface area contributed by atoms with Gasteiger partial charge in [-0.1, -0.05) is 5.11 Å². The Balaban J connectivity index is 1.62. The van der Waals surface area contributed by atoms with Crippen molar-refractivity contribution in [3.8, 4) is 0 Å². The van der Waals surface area contributed by atoms with Crippen molar-refractivity contribution in [3.63, 3.8) is 0 Å². The number of benzene rings is 1. The highest BCUT2D eigenvalue weighted by atomic mass is 15.3. The monoisotopic (exact) mass is 328 g/mol. The minimum absolute atomic E-state index is 0.735. The van der Waals surface area contributed by atoms with E-state index in [9.17, 15) is 0 Å². The first-order valence-electron chi connectivity index (χ1n) is 8.37. The van der Waals surface area contributed by atoms with Crippen LogP contribution in [0.5, 0.6) is 0 Å². The van der Waals surface area contributed by atoms with Crippen LogP contribution in [0.4, 0.5) is 17.3 Å². The summed E-state index contributed by atoms with van der Waals surface area (Å²) < 4.78 is 3.89. The van der Waals surface area contributed by atoms with Crippen molar-refractivity contribution in [3.05, 3.63) is 36.7 Å². The lowest BCUT2D eigenvalue weighted by Crippen LogP contribution is -2.47. The second-order valence-electron chi connectivity index (χ2n) is 6.15. The molecular formula is C17H26N7+. The Morgan fingerprint density at radius 3 is 2.38 bits per heavy atom. The molecule has 1 aliphatic heterocycles. The summed E-state index contributed by atoms with van der Waals surface area (Å²) in [7, 11) is 3.92. The number of piperazine rings is 1. The van der Waals surface area contributed by atoms with Crippen molar-refractivity contribution in [2.45, 2.75) is 0 Å². The molecule has 0 radical (unpaired) electrons. The van der Waals surface area contributed by atoms with E-state index in [4.69, 9.17) is 5.73 Å². The molecule has 1 aliphatic rings. The van der Waals surface area contributed by atoms with E-state index < -0.39 is 0 Å². The largest absolute Gasteiger partial charge is 0.421 e. The summed E-state index contributed by atoms with van der Waals surface area (Å²) in [6.45, 7) is 5.95. The van der Waals surface area contributed by atoms with Crippen molar-refractivity contribution in [2.75, 3.05) is 44.2 Å². The maximum atomic E-state index is 5.63. The van der Waals surface area contributed by atoms with Crippen LogP contribution < -0.4 is 15.2 Å². The fourth-order valence-corrected chi connectivity index (χ4v) is 2.97. The van der Waals surface area contributed by atoms with E-state index in [1.807, 2.05) is 47.8 Å². The van der Waals surface area contributed by atoms with E-state index in [-0.39, 0.29) is 0 Å². The van der Waals surface area contributed by atoms with Crippen LogP contribution in [0.3, 0.4) is 0 Å². The van der Waals surface area contributed by atoms with Gasteiger partial charge in [-0.05, 0) is 24.3 Å². The van der Waals surface area contributed by atoms with Crippen LogP contribution in [0.1, 0.15) is 0 Å². The molecule has 0 amide bonds. The first kappa shape index (κ1) is 16.6. The Morgan fingerprint density at radius 1 is 1.08 bits per heavy atom. The number of aryl methyl sites for hydroxylation is 2. The zero-order valence-corrected chi connectivity index (χ0v) is 14.5. The molecule has 3 rings (SSSR count). The zero-order chi connectivity index (χ0) is 16.9. The van der Waals surface area contributed by atoms with Gasteiger partial charge >= 0.3 is 5.95 Å². The molecule has 24 heavy (non-hydrogen) atoms. The second-order valence-corrected chi connectivity index (χ2v) is 6.15. The van der Waals surface area contributed by atoms with Gasteiger partial charge < -0.3 is 10.6 Å². The Kier molecular flexibility index (Phi) is 5.22. The lowest BCUT2D eigenvalue weighted by molar-refractivity contribution is -0.657. The molecular weight excluding hydrogens is 302 g/mol. The summed E-state index contributed by atoms with van der Waals surface area (Å²) in [5.74, 6) is 0.815. The molecule has 0 bridgehead atoms. The molecule has 7 nitrogen and oxygen atoms in total. The van der Waals surface area contributed by atoms with Crippen LogP contribution in [-0.2, 0) is 14.1 Å². The van der Waals surface area contributed by atoms with E-state index in [1.54, 1.807) is 0 Å². The Morgan fingerprint density at radius 2 is 1.79 bits per heavy atom. The fourth-order valence-electron chi connectivity index (χ4n) is 2.97. The number of hydrogen-bond acceptors (Lipinski definition) is 5. The molecule has 2 heterocycles. The summed E-state index contributed by atoms with van der Waals surface area (Å²) in [5.41, 5.74) is 7.73. The molecule has 0 atom stereocenters. The summed E-state index contributed by atoms with van der Waals surface area (Å²) in [5, 5.41) is 8.66. The summed E-state index contributed by atoms with van der Waals surface area (Å²) in [4.78, 5) is 4.82. The molecule has 0 aliphatic carbocycles. The van der Waals surface area contributed by atoms with Crippen molar-refractivity contribution < 1.29 is 4.57 Å². The predicted octanol–water partition coefficient (Wildman–Crippen LogP) is 1.35. The van der Waals surface area contributed by atoms with E-state index in [0.29, 0.717) is 0 Å². The highest BCUT2D eigenvalue weighted by Crippen LogP contribution is 2.22. The average Bonchev–Trinajstić information content (AvgIpc) is 2.93. The van der Waals surface area contributed by atoms with Gasteiger partial charge in [-0.3, -0.25) is 4.90 Å². The van der Waals surface area contributed by atoms with Gasteiger partial charge in [0.25, 0.3) is 0 Å². The molecule has 0 saturated carbocycles. The van der Waals surface area contributed by atoms with Crippen molar-refractivity contribution in [1.29, 1.82) is 0 Å². The average molecular weight is 328 g/mol. The Labute approximate surface area is 143 Å². The SMILES string of the molecule is Cn1cc[n+](C)c1N=Nc1ccc(N2CCN(CCN)CC2)cc1. The quantitative estimate of drug-likeness (QED) is 0.665. The topological polar surface area (TPSA) is 66.0 Å². The third kappa shape index (κ3) is 3.80. The van der Waals surface area contributed by atoms with E-state index >= 15 is 0 Å². The third-order valence-electron chi connectivity index (χ3n) is 4.43. The van der Waals surface area contributed by atoms with Crippen molar-refractivity contribution >= 4 is 17.3 Å². The summed E-state index contributed by atoms with van der Waals surface area (Å²) >= 11 is 0. The van der Waals surface area contributed by atoms with Crippen LogP contribution in [0.2, 0.25) is 0 Å². The highest BCUT2D eigenvalue weighted by molar-refractivity contribution is 5.53. The van der Waals surface area contributed by atoms with E-state index in [1.165, 1.54) is 5.69 Å². The molecule has 1 aromatic heterocycles. The lowest BCUT2D eigenvalue weighted by atomic mass is 10.2. The van der Waals surface area contributed by atoms with Crippen LogP contribution in [0, 0.1) is 0 Å². The number of imidazole rings is 1. The third-order valence-corrected chi connectivity index (χ3v) is 4.43. The minimum Gasteiger partial charge on any atom is -0.369 e. The maximum Gasteiger partial charge on any atom is 0.421 e. The van der Waals surface area contributed by atoms with Crippen LogP contribution >= 0.6 is 0 Å². The van der Waals surface area contributed by atoms with Crippen LogP contribution in [-0.4, -0.2) is 48.7 Å².